The first kappa shape index (κ1) is 16.4. The van der Waals surface area contributed by atoms with Gasteiger partial charge in [-0.05, 0) is 0 Å². The molecule has 0 aliphatic rings. The Labute approximate surface area is 109 Å². The minimum Gasteiger partial charge on any atom is -0.465 e. The summed E-state index contributed by atoms with van der Waals surface area (Å²) >= 11 is 4.18. The number of hydrogen-bond donors (Lipinski definition) is 3. The van der Waals surface area contributed by atoms with Crippen molar-refractivity contribution in [2.45, 2.75) is 0 Å². The smallest absolute Gasteiger partial charge is 0.404 e. The number of nitrogens with one attached hydrogen (secondary N) is 1. The van der Waals surface area contributed by atoms with Crippen LogP contribution in [0, 0.1) is 0 Å². The van der Waals surface area contributed by atoms with Crippen molar-refractivity contribution in [3.05, 3.63) is 0 Å². The molecular formula is C6H12I2N2O4. The molecule has 0 aliphatic heterocycles. The number of carbonyl (C=O) groups excluding carboxylic acids is 1. The third-order valence-electron chi connectivity index (χ3n) is 0.692. The Balaban J connectivity index is 0. The number of carbonyl (C=O) groups is 2. The van der Waals surface area contributed by atoms with Gasteiger partial charge in [-0.1, -0.05) is 45.2 Å². The van der Waals surface area contributed by atoms with Gasteiger partial charge in [0.1, 0.15) is 6.61 Å². The number of nitrogens with two attached hydrogens (primary N) is 1. The average molecular weight is 430 g/mol. The maximum atomic E-state index is 9.75. The van der Waals surface area contributed by atoms with E-state index in [0.717, 1.165) is 8.86 Å². The first-order chi connectivity index (χ1) is 6.54. The molecule has 0 aromatic rings. The highest BCUT2D eigenvalue weighted by Gasteiger charge is 1.87. The Hall–Kier alpha value is 0. The van der Waals surface area contributed by atoms with Crippen LogP contribution in [0.1, 0.15) is 0 Å². The van der Waals surface area contributed by atoms with Crippen LogP contribution in [0.2, 0.25) is 0 Å². The second kappa shape index (κ2) is 13.0. The Morgan fingerprint density at radius 2 is 1.93 bits per heavy atom. The van der Waals surface area contributed by atoms with Crippen molar-refractivity contribution >= 4 is 57.4 Å². The molecule has 0 heterocycles. The Morgan fingerprint density at radius 3 is 2.07 bits per heavy atom. The van der Waals surface area contributed by atoms with E-state index in [2.05, 4.69) is 61.0 Å². The Morgan fingerprint density at radius 1 is 1.36 bits per heavy atom. The summed E-state index contributed by atoms with van der Waals surface area (Å²) in [5.74, 6) is 0. The first-order valence-corrected chi connectivity index (χ1v) is 6.60. The van der Waals surface area contributed by atoms with Gasteiger partial charge in [0.25, 0.3) is 0 Å². The van der Waals surface area contributed by atoms with Gasteiger partial charge >= 0.3 is 12.2 Å². The van der Waals surface area contributed by atoms with Gasteiger partial charge < -0.3 is 20.9 Å². The molecule has 4 N–H and O–H groups in total. The maximum absolute atomic E-state index is 9.75. The SMILES string of the molecule is NC(=O)OCCI.O=C(O)NCCI. The lowest BCUT2D eigenvalue weighted by Crippen LogP contribution is -2.22. The van der Waals surface area contributed by atoms with Crippen LogP contribution < -0.4 is 11.1 Å². The van der Waals surface area contributed by atoms with Crippen LogP contribution in [-0.4, -0.2) is 39.3 Å². The van der Waals surface area contributed by atoms with Gasteiger partial charge in [-0.25, -0.2) is 9.59 Å². The van der Waals surface area contributed by atoms with E-state index in [1.54, 1.807) is 0 Å². The number of halogens is 2. The zero-order chi connectivity index (χ0) is 11.4. The normalized spacial score (nSPS) is 8.14. The number of hydrogen-bond acceptors (Lipinski definition) is 3. The van der Waals surface area contributed by atoms with Gasteiger partial charge in [-0.15, -0.1) is 0 Å². The zero-order valence-electron chi connectivity index (χ0n) is 7.33. The molecule has 0 atom stereocenters. The summed E-state index contributed by atoms with van der Waals surface area (Å²) in [5, 5.41) is 10.1. The van der Waals surface area contributed by atoms with E-state index >= 15 is 0 Å². The lowest BCUT2D eigenvalue weighted by Gasteiger charge is -1.92. The van der Waals surface area contributed by atoms with Crippen LogP contribution in [0.4, 0.5) is 9.59 Å². The van der Waals surface area contributed by atoms with E-state index in [4.69, 9.17) is 5.11 Å². The predicted molar refractivity (Wildman–Crippen MR) is 69.3 cm³/mol. The molecule has 0 bridgehead atoms. The van der Waals surface area contributed by atoms with Crippen molar-refractivity contribution in [2.75, 3.05) is 22.0 Å². The second-order valence-electron chi connectivity index (χ2n) is 1.78. The molecule has 0 saturated carbocycles. The molecule has 0 radical (unpaired) electrons. The van der Waals surface area contributed by atoms with E-state index < -0.39 is 12.2 Å². The van der Waals surface area contributed by atoms with Crippen molar-refractivity contribution in [2.24, 2.45) is 5.73 Å². The fraction of sp³-hybridized carbons (Fsp3) is 0.667. The number of primary amides is 1. The lowest BCUT2D eigenvalue weighted by molar-refractivity contribution is 0.165. The molecule has 84 valence electrons. The molecule has 2 amide bonds. The van der Waals surface area contributed by atoms with Crippen molar-refractivity contribution in [1.29, 1.82) is 0 Å². The highest BCUT2D eigenvalue weighted by molar-refractivity contribution is 14.1. The summed E-state index contributed by atoms with van der Waals surface area (Å²) in [7, 11) is 0. The van der Waals surface area contributed by atoms with Crippen molar-refractivity contribution in [3.8, 4) is 0 Å². The molecule has 0 saturated heterocycles. The van der Waals surface area contributed by atoms with Crippen LogP contribution in [0.25, 0.3) is 0 Å². The zero-order valence-corrected chi connectivity index (χ0v) is 11.6. The third kappa shape index (κ3) is 22.7. The molecule has 0 fully saturated rings. The van der Waals surface area contributed by atoms with Gasteiger partial charge in [0.05, 0.1) is 0 Å². The van der Waals surface area contributed by atoms with Gasteiger partial charge in [-0.2, -0.15) is 0 Å². The summed E-state index contributed by atoms with van der Waals surface area (Å²) in [5.41, 5.74) is 4.61. The summed E-state index contributed by atoms with van der Waals surface area (Å²) in [6.45, 7) is 0.950. The molecule has 0 aliphatic carbocycles. The summed E-state index contributed by atoms with van der Waals surface area (Å²) in [4.78, 5) is 19.4. The van der Waals surface area contributed by atoms with E-state index in [-0.39, 0.29) is 0 Å². The average Bonchev–Trinajstić information content (AvgIpc) is 2.12. The second-order valence-corrected chi connectivity index (χ2v) is 3.93. The molecule has 0 aromatic carbocycles. The molecule has 6 nitrogen and oxygen atoms in total. The first-order valence-electron chi connectivity index (χ1n) is 3.55. The van der Waals surface area contributed by atoms with Gasteiger partial charge in [-0.3, -0.25) is 0 Å². The van der Waals surface area contributed by atoms with Crippen LogP contribution in [0.15, 0.2) is 0 Å². The van der Waals surface area contributed by atoms with E-state index in [9.17, 15) is 9.59 Å². The van der Waals surface area contributed by atoms with E-state index in [0.29, 0.717) is 13.2 Å². The molecule has 0 spiro atoms. The van der Waals surface area contributed by atoms with E-state index in [1.165, 1.54) is 0 Å². The number of alkyl halides is 2. The highest BCUT2D eigenvalue weighted by Crippen LogP contribution is 1.80. The van der Waals surface area contributed by atoms with Gasteiger partial charge in [0.2, 0.25) is 0 Å². The maximum Gasteiger partial charge on any atom is 0.404 e. The number of rotatable bonds is 4. The topological polar surface area (TPSA) is 102 Å². The van der Waals surface area contributed by atoms with Crippen molar-refractivity contribution in [1.82, 2.24) is 5.32 Å². The number of amides is 2. The monoisotopic (exact) mass is 430 g/mol. The highest BCUT2D eigenvalue weighted by atomic mass is 127. The summed E-state index contributed by atoms with van der Waals surface area (Å²) in [6.07, 6.45) is -1.65. The molecule has 0 unspecified atom stereocenters. The van der Waals surface area contributed by atoms with E-state index in [1.807, 2.05) is 0 Å². The standard InChI is InChI=1S/2C3H6INO2/c4-1-2-7-3(5)6;4-1-2-5-3(6)7/h1-2H2,(H2,5,6);5H,1-2H2,(H,6,7). The summed E-state index contributed by atoms with van der Waals surface area (Å²) in [6, 6.07) is 0. The summed E-state index contributed by atoms with van der Waals surface area (Å²) < 4.78 is 5.94. The van der Waals surface area contributed by atoms with Gasteiger partial charge in [0.15, 0.2) is 0 Å². The molecule has 14 heavy (non-hydrogen) atoms. The fourth-order valence-corrected chi connectivity index (χ4v) is 0.783. The van der Waals surface area contributed by atoms with Crippen LogP contribution in [0.5, 0.6) is 0 Å². The Bertz CT molecular complexity index is 150. The van der Waals surface area contributed by atoms with Crippen LogP contribution in [-0.2, 0) is 4.74 Å². The largest absolute Gasteiger partial charge is 0.465 e. The molecular weight excluding hydrogens is 418 g/mol. The Kier molecular flexibility index (Phi) is 15.3. The fourth-order valence-electron chi connectivity index (χ4n) is 0.293. The minimum atomic E-state index is -0.948. The third-order valence-corrected chi connectivity index (χ3v) is 1.67. The van der Waals surface area contributed by atoms with Crippen LogP contribution >= 0.6 is 45.2 Å². The number of carboxylic acid groups (broad SMARTS) is 1. The molecule has 0 rings (SSSR count). The van der Waals surface area contributed by atoms with Crippen molar-refractivity contribution in [3.63, 3.8) is 0 Å². The molecule has 8 heteroatoms. The lowest BCUT2D eigenvalue weighted by atomic mass is 10.8. The molecule has 0 aromatic heterocycles. The van der Waals surface area contributed by atoms with Crippen LogP contribution in [0.3, 0.4) is 0 Å². The van der Waals surface area contributed by atoms with Gasteiger partial charge in [0, 0.05) is 15.4 Å². The predicted octanol–water partition coefficient (Wildman–Crippen LogP) is 1.21. The number of ether oxygens (including phenoxy) is 1. The quantitative estimate of drug-likeness (QED) is 0.461. The minimum absolute atomic E-state index is 0.413. The van der Waals surface area contributed by atoms with Crippen molar-refractivity contribution < 1.29 is 19.4 Å².